The number of fused-ring (bicyclic) bond motifs is 14. The second kappa shape index (κ2) is 13.5. The third-order valence-corrected chi connectivity index (χ3v) is 13.7. The quantitative estimate of drug-likeness (QED) is 0.131. The summed E-state index contributed by atoms with van der Waals surface area (Å²) >= 11 is 0. The lowest BCUT2D eigenvalue weighted by molar-refractivity contribution is 0.669. The van der Waals surface area contributed by atoms with E-state index in [0.29, 0.717) is 0 Å². The fourth-order valence-electron chi connectivity index (χ4n) is 11.0. The van der Waals surface area contributed by atoms with Crippen molar-refractivity contribution in [2.75, 3.05) is 0 Å². The van der Waals surface area contributed by atoms with E-state index in [0.717, 1.165) is 71.7 Å². The molecule has 0 atom stereocenters. The first-order chi connectivity index (χ1) is 31.8. The van der Waals surface area contributed by atoms with Crippen LogP contribution in [0.3, 0.4) is 0 Å². The van der Waals surface area contributed by atoms with E-state index in [1.54, 1.807) is 0 Å². The summed E-state index contributed by atoms with van der Waals surface area (Å²) in [7, 11) is 0. The molecule has 0 amide bonds. The third-order valence-electron chi connectivity index (χ3n) is 13.7. The van der Waals surface area contributed by atoms with Crippen LogP contribution < -0.4 is 0 Å². The van der Waals surface area contributed by atoms with Crippen molar-refractivity contribution in [1.82, 2.24) is 0 Å². The van der Waals surface area contributed by atoms with Gasteiger partial charge in [-0.15, -0.1) is 0 Å². The molecule has 0 N–H and O–H groups in total. The summed E-state index contributed by atoms with van der Waals surface area (Å²) in [6.07, 6.45) is 0. The first-order valence-electron chi connectivity index (χ1n) is 22.0. The Morgan fingerprint density at radius 2 is 0.641 bits per heavy atom. The van der Waals surface area contributed by atoms with E-state index in [1.807, 2.05) is 12.1 Å². The molecule has 0 bridgehead atoms. The summed E-state index contributed by atoms with van der Waals surface area (Å²) < 4.78 is 13.4. The van der Waals surface area contributed by atoms with Gasteiger partial charge in [-0.1, -0.05) is 194 Å². The van der Waals surface area contributed by atoms with Gasteiger partial charge in [-0.05, 0) is 117 Å². The molecule has 2 aromatic heterocycles. The van der Waals surface area contributed by atoms with E-state index < -0.39 is 0 Å². The van der Waals surface area contributed by atoms with E-state index in [-0.39, 0.29) is 0 Å². The zero-order chi connectivity index (χ0) is 41.9. The molecule has 0 aliphatic carbocycles. The van der Waals surface area contributed by atoms with Crippen LogP contribution in [0.1, 0.15) is 0 Å². The molecule has 14 rings (SSSR count). The van der Waals surface area contributed by atoms with Crippen molar-refractivity contribution in [3.63, 3.8) is 0 Å². The van der Waals surface area contributed by atoms with E-state index >= 15 is 0 Å². The molecule has 0 saturated heterocycles. The highest BCUT2D eigenvalue weighted by Crippen LogP contribution is 2.52. The summed E-state index contributed by atoms with van der Waals surface area (Å²) in [6.45, 7) is 0. The Morgan fingerprint density at radius 1 is 0.219 bits per heavy atom. The summed E-state index contributed by atoms with van der Waals surface area (Å²) in [5, 5.41) is 16.8. The van der Waals surface area contributed by atoms with Gasteiger partial charge in [-0.3, -0.25) is 0 Å². The molecule has 0 radical (unpaired) electrons. The maximum Gasteiger partial charge on any atom is 0.143 e. The summed E-state index contributed by atoms with van der Waals surface area (Å²) in [6, 6.07) is 79.4. The van der Waals surface area contributed by atoms with Crippen LogP contribution in [0.25, 0.3) is 142 Å². The fourth-order valence-corrected chi connectivity index (χ4v) is 11.0. The summed E-state index contributed by atoms with van der Waals surface area (Å²) in [5.74, 6) is 0. The first-order valence-corrected chi connectivity index (χ1v) is 22.0. The Morgan fingerprint density at radius 3 is 1.30 bits per heavy atom. The van der Waals surface area contributed by atoms with Crippen LogP contribution >= 0.6 is 0 Å². The Labute approximate surface area is 367 Å². The molecule has 296 valence electrons. The minimum Gasteiger partial charge on any atom is -0.456 e. The second-order valence-corrected chi connectivity index (χ2v) is 17.0. The average molecular weight is 813 g/mol. The maximum atomic E-state index is 6.82. The minimum atomic E-state index is 0.871. The second-order valence-electron chi connectivity index (χ2n) is 17.0. The molecular weight excluding hydrogens is 777 g/mol. The molecule has 12 aromatic carbocycles. The average Bonchev–Trinajstić information content (AvgIpc) is 3.94. The smallest absolute Gasteiger partial charge is 0.143 e. The van der Waals surface area contributed by atoms with Crippen molar-refractivity contribution in [3.8, 4) is 44.5 Å². The van der Waals surface area contributed by atoms with Gasteiger partial charge in [0, 0.05) is 27.1 Å². The van der Waals surface area contributed by atoms with Gasteiger partial charge in [0.25, 0.3) is 0 Å². The Bertz CT molecular complexity index is 4170. The van der Waals surface area contributed by atoms with Gasteiger partial charge >= 0.3 is 0 Å². The molecule has 0 spiro atoms. The fraction of sp³-hybridized carbons (Fsp3) is 0. The number of hydrogen-bond acceptors (Lipinski definition) is 2. The Balaban J connectivity index is 1.13. The summed E-state index contributed by atoms with van der Waals surface area (Å²) in [4.78, 5) is 0. The van der Waals surface area contributed by atoms with Crippen molar-refractivity contribution < 1.29 is 8.83 Å². The number of furan rings is 2. The van der Waals surface area contributed by atoms with Crippen molar-refractivity contribution in [1.29, 1.82) is 0 Å². The minimum absolute atomic E-state index is 0.871. The van der Waals surface area contributed by atoms with E-state index in [1.165, 1.54) is 70.6 Å². The van der Waals surface area contributed by atoms with Crippen LogP contribution in [0.2, 0.25) is 0 Å². The molecular formula is C62H36O2. The molecule has 14 aromatic rings. The van der Waals surface area contributed by atoms with Gasteiger partial charge < -0.3 is 8.83 Å². The lowest BCUT2D eigenvalue weighted by Crippen LogP contribution is -1.96. The highest BCUT2D eigenvalue weighted by Gasteiger charge is 2.25. The lowest BCUT2D eigenvalue weighted by Gasteiger charge is -2.23. The van der Waals surface area contributed by atoms with Crippen LogP contribution in [0.5, 0.6) is 0 Å². The standard InChI is InChI=1S/C62H36O2/c1-2-18-40-38(16-1)39-17-3-4-19-41(39)54-36-37(34-35-42(40)54)58-44-21-5-7-23-47(44)60(48-24-8-6-22-45(48)58)61-49(46-28-15-33-57-59(46)53-25-10-12-32-56(53)63-57)26-13-27-50(61)52-30-14-29-51-43-20-9-11-31-55(43)64-62(51)52/h1-36H. The van der Waals surface area contributed by atoms with Crippen LogP contribution in [0.4, 0.5) is 0 Å². The number of benzene rings is 12. The molecule has 2 heterocycles. The number of hydrogen-bond donors (Lipinski definition) is 0. The van der Waals surface area contributed by atoms with E-state index in [2.05, 4.69) is 206 Å². The Kier molecular flexibility index (Phi) is 7.43. The first kappa shape index (κ1) is 35.2. The zero-order valence-corrected chi connectivity index (χ0v) is 34.6. The van der Waals surface area contributed by atoms with Gasteiger partial charge in [0.15, 0.2) is 0 Å². The van der Waals surface area contributed by atoms with Crippen LogP contribution in [-0.2, 0) is 0 Å². The van der Waals surface area contributed by atoms with Crippen molar-refractivity contribution in [3.05, 3.63) is 218 Å². The number of para-hydroxylation sites is 3. The predicted octanol–water partition coefficient (Wildman–Crippen LogP) is 17.9. The normalized spacial score (nSPS) is 12.1. The van der Waals surface area contributed by atoms with Gasteiger partial charge in [0.2, 0.25) is 0 Å². The highest BCUT2D eigenvalue weighted by atomic mass is 16.3. The topological polar surface area (TPSA) is 26.3 Å². The van der Waals surface area contributed by atoms with Crippen LogP contribution in [0.15, 0.2) is 227 Å². The van der Waals surface area contributed by atoms with Crippen molar-refractivity contribution >= 4 is 97.7 Å². The maximum absolute atomic E-state index is 6.82. The molecule has 2 nitrogen and oxygen atoms in total. The molecule has 0 saturated carbocycles. The highest BCUT2D eigenvalue weighted by molar-refractivity contribution is 6.29. The summed E-state index contributed by atoms with van der Waals surface area (Å²) in [5.41, 5.74) is 12.7. The molecule has 0 unspecified atom stereocenters. The molecule has 0 aliphatic rings. The van der Waals surface area contributed by atoms with Crippen LogP contribution in [-0.4, -0.2) is 0 Å². The third kappa shape index (κ3) is 4.96. The SMILES string of the molecule is c1cc(-c2cccc3c2oc2ccccc23)c(-c2c3ccccc3c(-c3ccc4c5ccccc5c5ccccc5c4c3)c3ccccc23)c(-c2cccc3oc4ccccc4c23)c1. The van der Waals surface area contributed by atoms with E-state index in [9.17, 15) is 0 Å². The van der Waals surface area contributed by atoms with Crippen molar-refractivity contribution in [2.24, 2.45) is 0 Å². The predicted molar refractivity (Wildman–Crippen MR) is 270 cm³/mol. The van der Waals surface area contributed by atoms with E-state index in [4.69, 9.17) is 8.83 Å². The molecule has 0 fully saturated rings. The Hall–Kier alpha value is -8.46. The van der Waals surface area contributed by atoms with Crippen LogP contribution in [0, 0.1) is 0 Å². The van der Waals surface area contributed by atoms with Gasteiger partial charge in [-0.2, -0.15) is 0 Å². The van der Waals surface area contributed by atoms with Crippen molar-refractivity contribution in [2.45, 2.75) is 0 Å². The number of rotatable bonds is 4. The van der Waals surface area contributed by atoms with Gasteiger partial charge in [0.1, 0.15) is 22.3 Å². The largest absolute Gasteiger partial charge is 0.456 e. The molecule has 64 heavy (non-hydrogen) atoms. The molecule has 0 aliphatic heterocycles. The zero-order valence-electron chi connectivity index (χ0n) is 34.6. The van der Waals surface area contributed by atoms with Gasteiger partial charge in [0.05, 0.1) is 0 Å². The van der Waals surface area contributed by atoms with Gasteiger partial charge in [-0.25, -0.2) is 0 Å². The lowest BCUT2D eigenvalue weighted by atomic mass is 9.80. The molecule has 2 heteroatoms. The monoisotopic (exact) mass is 812 g/mol.